The molecule has 0 N–H and O–H groups in total. The third-order valence-corrected chi connectivity index (χ3v) is 4.64. The molecule has 0 bridgehead atoms. The average Bonchev–Trinajstić information content (AvgIpc) is 2.42. The van der Waals surface area contributed by atoms with Crippen LogP contribution in [0.2, 0.25) is 10.0 Å². The van der Waals surface area contributed by atoms with E-state index in [0.29, 0.717) is 20.5 Å². The first-order valence-corrected chi connectivity index (χ1v) is 7.50. The first-order chi connectivity index (χ1) is 9.11. The van der Waals surface area contributed by atoms with Gasteiger partial charge in [-0.2, -0.15) is 5.26 Å². The lowest BCUT2D eigenvalue weighted by Crippen LogP contribution is -1.99. The minimum atomic E-state index is -1.34. The van der Waals surface area contributed by atoms with Crippen LogP contribution >= 0.6 is 23.2 Å². The summed E-state index contributed by atoms with van der Waals surface area (Å²) >= 11 is 11.9. The Morgan fingerprint density at radius 1 is 1.16 bits per heavy atom. The van der Waals surface area contributed by atoms with Crippen LogP contribution in [-0.4, -0.2) is 4.21 Å². The Kier molecular flexibility index (Phi) is 4.60. The Labute approximate surface area is 124 Å². The highest BCUT2D eigenvalue weighted by Crippen LogP contribution is 2.25. The standard InChI is InChI=1S/C14H9Cl2NOS/c15-12-5-6-13(16)14(7-12)19(18)9-11-4-2-1-3-10(11)8-17/h1-7H,9H2. The Hall–Kier alpha value is -1.34. The van der Waals surface area contributed by atoms with Gasteiger partial charge in [0, 0.05) is 5.02 Å². The molecule has 5 heteroatoms. The molecule has 1 atom stereocenters. The minimum Gasteiger partial charge on any atom is -0.254 e. The summed E-state index contributed by atoms with van der Waals surface area (Å²) in [6, 6.07) is 14.0. The van der Waals surface area contributed by atoms with E-state index in [1.54, 1.807) is 36.4 Å². The van der Waals surface area contributed by atoms with Crippen LogP contribution in [0.3, 0.4) is 0 Å². The van der Waals surface area contributed by atoms with Crippen molar-refractivity contribution >= 4 is 34.0 Å². The molecule has 1 unspecified atom stereocenters. The maximum Gasteiger partial charge on any atom is 0.0994 e. The van der Waals surface area contributed by atoms with Gasteiger partial charge in [0.25, 0.3) is 0 Å². The number of halogens is 2. The van der Waals surface area contributed by atoms with Crippen LogP contribution in [0.25, 0.3) is 0 Å². The van der Waals surface area contributed by atoms with Crippen molar-refractivity contribution in [2.45, 2.75) is 10.6 Å². The summed E-state index contributed by atoms with van der Waals surface area (Å²) in [6.07, 6.45) is 0. The minimum absolute atomic E-state index is 0.240. The van der Waals surface area contributed by atoms with Crippen molar-refractivity contribution in [2.75, 3.05) is 0 Å². The summed E-state index contributed by atoms with van der Waals surface area (Å²) in [5.41, 5.74) is 1.26. The van der Waals surface area contributed by atoms with Crippen LogP contribution < -0.4 is 0 Å². The van der Waals surface area contributed by atoms with Gasteiger partial charge in [0.1, 0.15) is 0 Å². The third-order valence-electron chi connectivity index (χ3n) is 2.56. The highest BCUT2D eigenvalue weighted by atomic mass is 35.5. The van der Waals surface area contributed by atoms with Crippen LogP contribution in [-0.2, 0) is 16.6 Å². The van der Waals surface area contributed by atoms with Crippen LogP contribution in [0.1, 0.15) is 11.1 Å². The van der Waals surface area contributed by atoms with E-state index in [1.165, 1.54) is 0 Å². The number of nitrogens with zero attached hydrogens (tertiary/aromatic N) is 1. The maximum atomic E-state index is 12.3. The van der Waals surface area contributed by atoms with Crippen LogP contribution in [0.5, 0.6) is 0 Å². The molecule has 0 saturated heterocycles. The summed E-state index contributed by atoms with van der Waals surface area (Å²) in [5, 5.41) is 9.91. The maximum absolute atomic E-state index is 12.3. The van der Waals surface area contributed by atoms with Gasteiger partial charge in [0.15, 0.2) is 0 Å². The van der Waals surface area contributed by atoms with E-state index in [2.05, 4.69) is 6.07 Å². The molecule has 0 aliphatic heterocycles. The second-order valence-electron chi connectivity index (χ2n) is 3.83. The first-order valence-electron chi connectivity index (χ1n) is 5.43. The van der Waals surface area contributed by atoms with Gasteiger partial charge in [-0.1, -0.05) is 41.4 Å². The van der Waals surface area contributed by atoms with E-state index in [4.69, 9.17) is 28.5 Å². The van der Waals surface area contributed by atoms with Gasteiger partial charge in [-0.05, 0) is 29.8 Å². The summed E-state index contributed by atoms with van der Waals surface area (Å²) in [5.74, 6) is 0.240. The lowest BCUT2D eigenvalue weighted by atomic mass is 10.1. The van der Waals surface area contributed by atoms with Crippen molar-refractivity contribution in [2.24, 2.45) is 0 Å². The second-order valence-corrected chi connectivity index (χ2v) is 6.10. The first kappa shape index (κ1) is 14.1. The molecule has 0 saturated carbocycles. The number of rotatable bonds is 3. The Morgan fingerprint density at radius 2 is 1.89 bits per heavy atom. The monoisotopic (exact) mass is 309 g/mol. The van der Waals surface area contributed by atoms with Crippen molar-refractivity contribution in [3.63, 3.8) is 0 Å². The van der Waals surface area contributed by atoms with Gasteiger partial charge < -0.3 is 0 Å². The smallest absolute Gasteiger partial charge is 0.0994 e. The van der Waals surface area contributed by atoms with E-state index in [0.717, 1.165) is 5.56 Å². The van der Waals surface area contributed by atoms with Crippen molar-refractivity contribution in [1.29, 1.82) is 5.26 Å². The Balaban J connectivity index is 2.31. The quantitative estimate of drug-likeness (QED) is 0.853. The summed E-state index contributed by atoms with van der Waals surface area (Å²) in [4.78, 5) is 0.488. The summed E-state index contributed by atoms with van der Waals surface area (Å²) in [6.45, 7) is 0. The molecule has 0 heterocycles. The average molecular weight is 310 g/mol. The number of benzene rings is 2. The van der Waals surface area contributed by atoms with Gasteiger partial charge in [-0.3, -0.25) is 4.21 Å². The number of hydrogen-bond donors (Lipinski definition) is 0. The van der Waals surface area contributed by atoms with E-state index >= 15 is 0 Å². The molecular weight excluding hydrogens is 301 g/mol. The zero-order chi connectivity index (χ0) is 13.8. The van der Waals surface area contributed by atoms with Gasteiger partial charge in [-0.25, -0.2) is 0 Å². The van der Waals surface area contributed by atoms with Gasteiger partial charge in [-0.15, -0.1) is 0 Å². The van der Waals surface area contributed by atoms with Gasteiger partial charge in [0.05, 0.1) is 38.1 Å². The Morgan fingerprint density at radius 3 is 2.63 bits per heavy atom. The van der Waals surface area contributed by atoms with Gasteiger partial charge in [0.2, 0.25) is 0 Å². The molecule has 2 nitrogen and oxygen atoms in total. The zero-order valence-electron chi connectivity index (χ0n) is 9.77. The molecule has 2 rings (SSSR count). The molecule has 0 aliphatic carbocycles. The molecule has 0 aliphatic rings. The fraction of sp³-hybridized carbons (Fsp3) is 0.0714. The molecule has 96 valence electrons. The fourth-order valence-corrected chi connectivity index (χ4v) is 3.47. The highest BCUT2D eigenvalue weighted by molar-refractivity contribution is 7.84. The topological polar surface area (TPSA) is 40.9 Å². The van der Waals surface area contributed by atoms with E-state index < -0.39 is 10.8 Å². The highest BCUT2D eigenvalue weighted by Gasteiger charge is 2.12. The molecule has 0 amide bonds. The molecule has 0 fully saturated rings. The normalized spacial score (nSPS) is 11.8. The predicted octanol–water partition coefficient (Wildman–Crippen LogP) is 4.17. The Bertz CT molecular complexity index is 679. The van der Waals surface area contributed by atoms with Crippen LogP contribution in [0.15, 0.2) is 47.4 Å². The van der Waals surface area contributed by atoms with E-state index in [-0.39, 0.29) is 5.75 Å². The lowest BCUT2D eigenvalue weighted by Gasteiger charge is -2.06. The largest absolute Gasteiger partial charge is 0.254 e. The molecular formula is C14H9Cl2NOS. The molecule has 2 aromatic carbocycles. The molecule has 2 aromatic rings. The summed E-state index contributed by atoms with van der Waals surface area (Å²) in [7, 11) is -1.34. The molecule has 19 heavy (non-hydrogen) atoms. The van der Waals surface area contributed by atoms with Crippen LogP contribution in [0, 0.1) is 11.3 Å². The lowest BCUT2D eigenvalue weighted by molar-refractivity contribution is 0.682. The zero-order valence-corrected chi connectivity index (χ0v) is 12.1. The van der Waals surface area contributed by atoms with Crippen molar-refractivity contribution < 1.29 is 4.21 Å². The number of hydrogen-bond acceptors (Lipinski definition) is 2. The van der Waals surface area contributed by atoms with Gasteiger partial charge >= 0.3 is 0 Å². The van der Waals surface area contributed by atoms with E-state index in [1.807, 2.05) is 6.07 Å². The third kappa shape index (κ3) is 3.36. The summed E-state index contributed by atoms with van der Waals surface area (Å²) < 4.78 is 12.3. The van der Waals surface area contributed by atoms with Crippen molar-refractivity contribution in [3.05, 3.63) is 63.6 Å². The SMILES string of the molecule is N#Cc1ccccc1CS(=O)c1cc(Cl)ccc1Cl. The second kappa shape index (κ2) is 6.21. The van der Waals surface area contributed by atoms with E-state index in [9.17, 15) is 4.21 Å². The van der Waals surface area contributed by atoms with Crippen molar-refractivity contribution in [3.8, 4) is 6.07 Å². The predicted molar refractivity (Wildman–Crippen MR) is 77.7 cm³/mol. The molecule has 0 radical (unpaired) electrons. The van der Waals surface area contributed by atoms with Crippen molar-refractivity contribution in [1.82, 2.24) is 0 Å². The number of nitriles is 1. The molecule has 0 aromatic heterocycles. The fourth-order valence-electron chi connectivity index (χ4n) is 1.63. The van der Waals surface area contributed by atoms with Crippen LogP contribution in [0.4, 0.5) is 0 Å². The molecule has 0 spiro atoms.